The first-order valence-electron chi connectivity index (χ1n) is 7.36. The fraction of sp³-hybridized carbons (Fsp3) is 0.294. The molecule has 0 bridgehead atoms. The van der Waals surface area contributed by atoms with Crippen LogP contribution in [0, 0.1) is 0 Å². The van der Waals surface area contributed by atoms with Gasteiger partial charge in [0.25, 0.3) is 0 Å². The van der Waals surface area contributed by atoms with Crippen LogP contribution in [0.25, 0.3) is 0 Å². The maximum atomic E-state index is 5.30. The highest BCUT2D eigenvalue weighted by Gasteiger charge is 2.06. The molecule has 0 amide bonds. The fourth-order valence-electron chi connectivity index (χ4n) is 2.08. The lowest BCUT2D eigenvalue weighted by atomic mass is 10.2. The molecule has 0 fully saturated rings. The molecule has 0 saturated heterocycles. The Morgan fingerprint density at radius 1 is 1.12 bits per heavy atom. The van der Waals surface area contributed by atoms with Crippen molar-refractivity contribution in [3.05, 3.63) is 48.3 Å². The van der Waals surface area contributed by atoms with E-state index in [-0.39, 0.29) is 24.0 Å². The van der Waals surface area contributed by atoms with Crippen molar-refractivity contribution in [1.82, 2.24) is 10.3 Å². The minimum Gasteiger partial charge on any atom is -0.493 e. The molecule has 7 heteroatoms. The summed E-state index contributed by atoms with van der Waals surface area (Å²) in [6, 6.07) is 11.5. The maximum Gasteiger partial charge on any atom is 0.195 e. The normalized spacial score (nSPS) is 10.5. The first kappa shape index (κ1) is 20.0. The van der Waals surface area contributed by atoms with E-state index in [1.807, 2.05) is 36.4 Å². The van der Waals surface area contributed by atoms with Gasteiger partial charge in [-0.15, -0.1) is 24.0 Å². The molecule has 24 heavy (non-hydrogen) atoms. The van der Waals surface area contributed by atoms with Gasteiger partial charge in [-0.3, -0.25) is 9.98 Å². The fourth-order valence-corrected chi connectivity index (χ4v) is 2.08. The minimum atomic E-state index is 0. The molecule has 0 aliphatic carbocycles. The zero-order valence-corrected chi connectivity index (χ0v) is 16.4. The summed E-state index contributed by atoms with van der Waals surface area (Å²) in [4.78, 5) is 8.51. The van der Waals surface area contributed by atoms with Gasteiger partial charge in [-0.25, -0.2) is 0 Å². The summed E-state index contributed by atoms with van der Waals surface area (Å²) < 4.78 is 10.5. The van der Waals surface area contributed by atoms with Crippen molar-refractivity contribution in [3.63, 3.8) is 0 Å². The predicted octanol–water partition coefficient (Wildman–Crippen LogP) is 2.95. The van der Waals surface area contributed by atoms with Gasteiger partial charge in [0, 0.05) is 43.7 Å². The molecule has 130 valence electrons. The molecule has 6 nitrogen and oxygen atoms in total. The van der Waals surface area contributed by atoms with Gasteiger partial charge in [0.15, 0.2) is 17.5 Å². The van der Waals surface area contributed by atoms with Crippen molar-refractivity contribution in [1.29, 1.82) is 0 Å². The van der Waals surface area contributed by atoms with Crippen LogP contribution in [0.4, 0.5) is 5.69 Å². The molecule has 2 aromatic rings. The molecule has 1 aromatic heterocycles. The Kier molecular flexibility index (Phi) is 8.92. The second kappa shape index (κ2) is 10.7. The molecular formula is C17H23IN4O2. The molecule has 0 saturated carbocycles. The van der Waals surface area contributed by atoms with Gasteiger partial charge in [-0.1, -0.05) is 6.07 Å². The number of nitrogens with zero attached hydrogens (tertiary/aromatic N) is 2. The number of pyridine rings is 1. The molecular weight excluding hydrogens is 419 g/mol. The minimum absolute atomic E-state index is 0. The first-order chi connectivity index (χ1) is 11.3. The zero-order chi connectivity index (χ0) is 16.5. The Balaban J connectivity index is 0.00000288. The van der Waals surface area contributed by atoms with E-state index in [0.29, 0.717) is 17.5 Å². The van der Waals surface area contributed by atoms with Crippen LogP contribution in [0.15, 0.2) is 47.6 Å². The average molecular weight is 442 g/mol. The van der Waals surface area contributed by atoms with Crippen LogP contribution in [0.1, 0.15) is 5.69 Å². The van der Waals surface area contributed by atoms with E-state index in [0.717, 1.165) is 24.3 Å². The number of methoxy groups -OCH3 is 2. The van der Waals surface area contributed by atoms with Crippen molar-refractivity contribution < 1.29 is 9.47 Å². The number of aromatic nitrogens is 1. The summed E-state index contributed by atoms with van der Waals surface area (Å²) in [6.07, 6.45) is 2.62. The van der Waals surface area contributed by atoms with Crippen LogP contribution < -0.4 is 20.1 Å². The average Bonchev–Trinajstić information content (AvgIpc) is 2.61. The lowest BCUT2D eigenvalue weighted by Crippen LogP contribution is -2.32. The maximum absolute atomic E-state index is 5.30. The summed E-state index contributed by atoms with van der Waals surface area (Å²) in [5.74, 6) is 2.05. The first-order valence-corrected chi connectivity index (χ1v) is 7.36. The Morgan fingerprint density at radius 3 is 2.54 bits per heavy atom. The van der Waals surface area contributed by atoms with Crippen molar-refractivity contribution >= 4 is 35.6 Å². The molecule has 0 unspecified atom stereocenters. The molecule has 2 rings (SSSR count). The summed E-state index contributed by atoms with van der Waals surface area (Å²) in [7, 11) is 4.96. The Labute approximate surface area is 159 Å². The lowest BCUT2D eigenvalue weighted by molar-refractivity contribution is 0.355. The number of halogens is 1. The van der Waals surface area contributed by atoms with Crippen LogP contribution in [0.2, 0.25) is 0 Å². The van der Waals surface area contributed by atoms with Crippen LogP contribution in [0.3, 0.4) is 0 Å². The number of rotatable bonds is 6. The molecule has 0 radical (unpaired) electrons. The number of hydrogen-bond acceptors (Lipinski definition) is 4. The SMILES string of the molecule is CN=C(NCCc1ccccn1)Nc1ccc(OC)c(OC)c1.I. The highest BCUT2D eigenvalue weighted by Crippen LogP contribution is 2.29. The van der Waals surface area contributed by atoms with Gasteiger partial charge >= 0.3 is 0 Å². The van der Waals surface area contributed by atoms with Crippen molar-refractivity contribution in [3.8, 4) is 11.5 Å². The Bertz CT molecular complexity index is 650. The van der Waals surface area contributed by atoms with Crippen LogP contribution in [-0.2, 0) is 6.42 Å². The van der Waals surface area contributed by atoms with Gasteiger partial charge in [0.2, 0.25) is 0 Å². The van der Waals surface area contributed by atoms with Crippen LogP contribution in [-0.4, -0.2) is 38.8 Å². The van der Waals surface area contributed by atoms with Crippen molar-refractivity contribution in [2.75, 3.05) is 33.1 Å². The van der Waals surface area contributed by atoms with E-state index in [2.05, 4.69) is 20.6 Å². The number of anilines is 1. The third-order valence-electron chi connectivity index (χ3n) is 3.27. The number of aliphatic imine (C=N–C) groups is 1. The smallest absolute Gasteiger partial charge is 0.195 e. The van der Waals surface area contributed by atoms with Crippen LogP contribution >= 0.6 is 24.0 Å². The number of benzene rings is 1. The monoisotopic (exact) mass is 442 g/mol. The standard InChI is InChI=1S/C17H22N4O2.HI/c1-18-17(20-11-9-13-6-4-5-10-19-13)21-14-7-8-15(22-2)16(12-14)23-3;/h4-8,10,12H,9,11H2,1-3H3,(H2,18,20,21);1H. The van der Waals surface area contributed by atoms with Crippen molar-refractivity contribution in [2.45, 2.75) is 6.42 Å². The van der Waals surface area contributed by atoms with Gasteiger partial charge in [0.1, 0.15) is 0 Å². The largest absolute Gasteiger partial charge is 0.493 e. The molecule has 0 aliphatic heterocycles. The zero-order valence-electron chi connectivity index (χ0n) is 14.1. The molecule has 1 heterocycles. The quantitative estimate of drug-likeness (QED) is 0.409. The lowest BCUT2D eigenvalue weighted by Gasteiger charge is -2.14. The number of nitrogens with one attached hydrogen (secondary N) is 2. The van der Waals surface area contributed by atoms with Crippen LogP contribution in [0.5, 0.6) is 11.5 Å². The molecule has 1 aromatic carbocycles. The van der Waals surface area contributed by atoms with Gasteiger partial charge < -0.3 is 20.1 Å². The predicted molar refractivity (Wildman–Crippen MR) is 108 cm³/mol. The summed E-state index contributed by atoms with van der Waals surface area (Å²) in [5, 5.41) is 6.48. The highest BCUT2D eigenvalue weighted by molar-refractivity contribution is 14.0. The van der Waals surface area contributed by atoms with E-state index in [9.17, 15) is 0 Å². The third kappa shape index (κ3) is 5.88. The van der Waals surface area contributed by atoms with E-state index >= 15 is 0 Å². The van der Waals surface area contributed by atoms with E-state index in [1.165, 1.54) is 0 Å². The highest BCUT2D eigenvalue weighted by atomic mass is 127. The second-order valence-corrected chi connectivity index (χ2v) is 4.76. The topological polar surface area (TPSA) is 67.8 Å². The molecule has 0 aliphatic rings. The molecule has 0 spiro atoms. The van der Waals surface area contributed by atoms with E-state index < -0.39 is 0 Å². The number of guanidine groups is 1. The Hall–Kier alpha value is -2.03. The Morgan fingerprint density at radius 2 is 1.92 bits per heavy atom. The third-order valence-corrected chi connectivity index (χ3v) is 3.27. The summed E-state index contributed by atoms with van der Waals surface area (Å²) in [5.41, 5.74) is 1.91. The summed E-state index contributed by atoms with van der Waals surface area (Å²) in [6.45, 7) is 0.740. The molecule has 0 atom stereocenters. The number of hydrogen-bond donors (Lipinski definition) is 2. The number of ether oxygens (including phenoxy) is 2. The summed E-state index contributed by atoms with van der Waals surface area (Å²) >= 11 is 0. The van der Waals surface area contributed by atoms with E-state index in [1.54, 1.807) is 27.5 Å². The second-order valence-electron chi connectivity index (χ2n) is 4.76. The van der Waals surface area contributed by atoms with Crippen molar-refractivity contribution in [2.24, 2.45) is 4.99 Å². The van der Waals surface area contributed by atoms with E-state index in [4.69, 9.17) is 9.47 Å². The van der Waals surface area contributed by atoms with Gasteiger partial charge in [-0.05, 0) is 24.3 Å². The molecule has 2 N–H and O–H groups in total. The van der Waals surface area contributed by atoms with Gasteiger partial charge in [-0.2, -0.15) is 0 Å². The van der Waals surface area contributed by atoms with Gasteiger partial charge in [0.05, 0.1) is 14.2 Å².